The summed E-state index contributed by atoms with van der Waals surface area (Å²) in [5.74, 6) is 0.647. The predicted octanol–water partition coefficient (Wildman–Crippen LogP) is 3.54. The van der Waals surface area contributed by atoms with Gasteiger partial charge in [0.1, 0.15) is 5.75 Å². The second kappa shape index (κ2) is 5.60. The molecular weight excluding hydrogens is 234 g/mol. The maximum atomic E-state index is 5.88. The zero-order chi connectivity index (χ0) is 12.1. The number of rotatable bonds is 4. The van der Waals surface area contributed by atoms with Gasteiger partial charge < -0.3 is 10.5 Å². The number of hydrogen-bond donors (Lipinski definition) is 1. The van der Waals surface area contributed by atoms with Gasteiger partial charge >= 0.3 is 0 Å². The molecule has 17 heavy (non-hydrogen) atoms. The van der Waals surface area contributed by atoms with E-state index in [2.05, 4.69) is 12.1 Å². The van der Waals surface area contributed by atoms with Crippen LogP contribution in [0.15, 0.2) is 48.5 Å². The van der Waals surface area contributed by atoms with E-state index in [0.29, 0.717) is 23.1 Å². The van der Waals surface area contributed by atoms with Crippen molar-refractivity contribution in [1.82, 2.24) is 0 Å². The van der Waals surface area contributed by atoms with Crippen LogP contribution in [0.4, 0.5) is 5.69 Å². The van der Waals surface area contributed by atoms with E-state index in [1.54, 1.807) is 18.2 Å². The molecule has 0 heterocycles. The van der Waals surface area contributed by atoms with E-state index in [-0.39, 0.29) is 0 Å². The molecule has 0 saturated carbocycles. The van der Waals surface area contributed by atoms with Gasteiger partial charge in [0.25, 0.3) is 0 Å². The van der Waals surface area contributed by atoms with Crippen LogP contribution in [0.25, 0.3) is 0 Å². The van der Waals surface area contributed by atoms with Crippen LogP contribution >= 0.6 is 11.6 Å². The molecule has 0 saturated heterocycles. The Labute approximate surface area is 106 Å². The molecule has 0 radical (unpaired) electrons. The summed E-state index contributed by atoms with van der Waals surface area (Å²) >= 11 is 5.88. The molecule has 2 aromatic rings. The Bertz CT molecular complexity index is 485. The van der Waals surface area contributed by atoms with Crippen LogP contribution in [0, 0.1) is 0 Å². The van der Waals surface area contributed by atoms with Crippen molar-refractivity contribution in [2.45, 2.75) is 6.42 Å². The number of halogens is 1. The molecule has 0 spiro atoms. The minimum Gasteiger partial charge on any atom is -0.491 e. The average Bonchev–Trinajstić information content (AvgIpc) is 2.35. The zero-order valence-electron chi connectivity index (χ0n) is 9.40. The second-order valence-corrected chi connectivity index (χ2v) is 4.20. The third-order valence-corrected chi connectivity index (χ3v) is 2.70. The first-order valence-corrected chi connectivity index (χ1v) is 5.85. The first-order valence-electron chi connectivity index (χ1n) is 5.47. The van der Waals surface area contributed by atoms with E-state index in [9.17, 15) is 0 Å². The Morgan fingerprint density at radius 2 is 1.82 bits per heavy atom. The average molecular weight is 248 g/mol. The summed E-state index contributed by atoms with van der Waals surface area (Å²) in [5.41, 5.74) is 7.64. The molecule has 0 aliphatic heterocycles. The third kappa shape index (κ3) is 3.40. The van der Waals surface area contributed by atoms with E-state index in [1.165, 1.54) is 5.56 Å². The molecule has 0 atom stereocenters. The Balaban J connectivity index is 1.92. The third-order valence-electron chi connectivity index (χ3n) is 2.47. The van der Waals surface area contributed by atoms with Gasteiger partial charge in [-0.05, 0) is 17.7 Å². The molecule has 2 aromatic carbocycles. The first kappa shape index (κ1) is 11.8. The molecule has 0 unspecified atom stereocenters. The lowest BCUT2D eigenvalue weighted by molar-refractivity contribution is 0.323. The molecule has 0 aliphatic rings. The maximum absolute atomic E-state index is 5.88. The van der Waals surface area contributed by atoms with Gasteiger partial charge in [-0.25, -0.2) is 0 Å². The lowest BCUT2D eigenvalue weighted by Crippen LogP contribution is -2.03. The number of nitrogen functional groups attached to an aromatic ring is 1. The zero-order valence-corrected chi connectivity index (χ0v) is 10.2. The van der Waals surface area contributed by atoms with Crippen molar-refractivity contribution in [3.63, 3.8) is 0 Å². The van der Waals surface area contributed by atoms with Gasteiger partial charge in [-0.3, -0.25) is 0 Å². The van der Waals surface area contributed by atoms with Crippen LogP contribution in [0.2, 0.25) is 5.02 Å². The second-order valence-electron chi connectivity index (χ2n) is 3.77. The molecule has 0 aromatic heterocycles. The number of anilines is 1. The molecule has 88 valence electrons. The van der Waals surface area contributed by atoms with E-state index in [4.69, 9.17) is 22.1 Å². The van der Waals surface area contributed by atoms with Crippen LogP contribution in [0.5, 0.6) is 5.75 Å². The van der Waals surface area contributed by atoms with Gasteiger partial charge in [-0.2, -0.15) is 0 Å². The van der Waals surface area contributed by atoms with Crippen molar-refractivity contribution in [2.24, 2.45) is 0 Å². The van der Waals surface area contributed by atoms with Gasteiger partial charge in [0, 0.05) is 17.5 Å². The summed E-state index contributed by atoms with van der Waals surface area (Å²) in [6.07, 6.45) is 0.854. The van der Waals surface area contributed by atoms with Crippen molar-refractivity contribution in [3.8, 4) is 5.75 Å². The van der Waals surface area contributed by atoms with Crippen LogP contribution < -0.4 is 10.5 Å². The molecule has 0 bridgehead atoms. The van der Waals surface area contributed by atoms with Crippen LogP contribution in [0.1, 0.15) is 5.56 Å². The number of ether oxygens (including phenoxy) is 1. The largest absolute Gasteiger partial charge is 0.491 e. The molecule has 2 nitrogen and oxygen atoms in total. The summed E-state index contributed by atoms with van der Waals surface area (Å²) in [6.45, 7) is 0.592. The fraction of sp³-hybridized carbons (Fsp3) is 0.143. The van der Waals surface area contributed by atoms with Gasteiger partial charge in [-0.15, -0.1) is 0 Å². The van der Waals surface area contributed by atoms with E-state index < -0.39 is 0 Å². The van der Waals surface area contributed by atoms with Crippen molar-refractivity contribution in [1.29, 1.82) is 0 Å². The Morgan fingerprint density at radius 1 is 1.06 bits per heavy atom. The van der Waals surface area contributed by atoms with Crippen molar-refractivity contribution in [3.05, 3.63) is 59.1 Å². The number of hydrogen-bond acceptors (Lipinski definition) is 2. The van der Waals surface area contributed by atoms with Gasteiger partial charge in [0.05, 0.1) is 12.3 Å². The molecule has 2 N–H and O–H groups in total. The minimum atomic E-state index is 0.592. The molecule has 2 rings (SSSR count). The Morgan fingerprint density at radius 3 is 2.59 bits per heavy atom. The van der Waals surface area contributed by atoms with E-state index in [1.807, 2.05) is 18.2 Å². The predicted molar refractivity (Wildman–Crippen MR) is 71.5 cm³/mol. The molecule has 0 fully saturated rings. The molecule has 0 aliphatic carbocycles. The summed E-state index contributed by atoms with van der Waals surface area (Å²) in [4.78, 5) is 0. The van der Waals surface area contributed by atoms with Crippen LogP contribution in [-0.4, -0.2) is 6.61 Å². The summed E-state index contributed by atoms with van der Waals surface area (Å²) in [6, 6.07) is 15.4. The van der Waals surface area contributed by atoms with E-state index in [0.717, 1.165) is 6.42 Å². The molecule has 0 amide bonds. The SMILES string of the molecule is Nc1ccc(Cl)cc1OCCc1ccccc1. The molecule has 3 heteroatoms. The lowest BCUT2D eigenvalue weighted by Gasteiger charge is -2.09. The fourth-order valence-corrected chi connectivity index (χ4v) is 1.72. The normalized spacial score (nSPS) is 10.2. The fourth-order valence-electron chi connectivity index (χ4n) is 1.56. The Hall–Kier alpha value is -1.67. The highest BCUT2D eigenvalue weighted by atomic mass is 35.5. The molecular formula is C14H14ClNO. The smallest absolute Gasteiger partial charge is 0.143 e. The standard InChI is InChI=1S/C14H14ClNO/c15-12-6-7-13(16)14(10-12)17-9-8-11-4-2-1-3-5-11/h1-7,10H,8-9,16H2. The maximum Gasteiger partial charge on any atom is 0.143 e. The van der Waals surface area contributed by atoms with Gasteiger partial charge in [0.2, 0.25) is 0 Å². The van der Waals surface area contributed by atoms with Gasteiger partial charge in [0.15, 0.2) is 0 Å². The highest BCUT2D eigenvalue weighted by Crippen LogP contribution is 2.25. The monoisotopic (exact) mass is 247 g/mol. The lowest BCUT2D eigenvalue weighted by atomic mass is 10.2. The summed E-state index contributed by atoms with van der Waals surface area (Å²) < 4.78 is 5.61. The number of benzene rings is 2. The topological polar surface area (TPSA) is 35.2 Å². The van der Waals surface area contributed by atoms with Crippen molar-refractivity contribution < 1.29 is 4.74 Å². The summed E-state index contributed by atoms with van der Waals surface area (Å²) in [7, 11) is 0. The first-order chi connectivity index (χ1) is 8.25. The highest BCUT2D eigenvalue weighted by molar-refractivity contribution is 6.30. The van der Waals surface area contributed by atoms with Crippen LogP contribution in [0.3, 0.4) is 0 Å². The highest BCUT2D eigenvalue weighted by Gasteiger charge is 2.01. The van der Waals surface area contributed by atoms with E-state index >= 15 is 0 Å². The van der Waals surface area contributed by atoms with Crippen LogP contribution in [-0.2, 0) is 6.42 Å². The van der Waals surface area contributed by atoms with Crippen molar-refractivity contribution in [2.75, 3.05) is 12.3 Å². The summed E-state index contributed by atoms with van der Waals surface area (Å²) in [5, 5.41) is 0.633. The number of nitrogens with two attached hydrogens (primary N) is 1. The quantitative estimate of drug-likeness (QED) is 0.839. The van der Waals surface area contributed by atoms with Gasteiger partial charge in [-0.1, -0.05) is 41.9 Å². The Kier molecular flexibility index (Phi) is 3.89. The van der Waals surface area contributed by atoms with Crippen molar-refractivity contribution >= 4 is 17.3 Å². The minimum absolute atomic E-state index is 0.592.